The molecule has 3 N–H and O–H groups in total. The van der Waals surface area contributed by atoms with Crippen LogP contribution in [0.1, 0.15) is 61.3 Å². The minimum atomic E-state index is -0.783. The van der Waals surface area contributed by atoms with Crippen molar-refractivity contribution in [2.24, 2.45) is 10.7 Å². The van der Waals surface area contributed by atoms with Crippen molar-refractivity contribution in [1.82, 2.24) is 14.9 Å². The number of rotatable bonds is 7. The Morgan fingerprint density at radius 1 is 1.27 bits per heavy atom. The van der Waals surface area contributed by atoms with Crippen LogP contribution >= 0.6 is 0 Å². The van der Waals surface area contributed by atoms with Crippen molar-refractivity contribution in [3.05, 3.63) is 53.6 Å². The minimum absolute atomic E-state index is 0.103. The molecule has 1 atom stereocenters. The largest absolute Gasteiger partial charge is 0.369 e. The summed E-state index contributed by atoms with van der Waals surface area (Å²) in [6.07, 6.45) is 7.58. The number of anilines is 1. The van der Waals surface area contributed by atoms with Crippen molar-refractivity contribution >= 4 is 23.5 Å². The standard InChI is InChI=1S/C22H28N6O2/c1-4-5-6-9-17-13-25-18(14-24-17)20(30)26-16-10-7-8-15(11-16)22(2)12-19(29)28(3)21(23)27-22/h7-8,10-11,13-14H,4-6,9,12H2,1-3H3,(H2,23,27)(H,26,30). The number of aryl methyl sites for hydroxylation is 1. The molecule has 0 bridgehead atoms. The van der Waals surface area contributed by atoms with Crippen LogP contribution < -0.4 is 11.1 Å². The Labute approximate surface area is 176 Å². The fraction of sp³-hybridized carbons (Fsp3) is 0.409. The number of unbranched alkanes of at least 4 members (excludes halogenated alkanes) is 2. The third kappa shape index (κ3) is 4.82. The predicted molar refractivity (Wildman–Crippen MR) is 116 cm³/mol. The van der Waals surface area contributed by atoms with E-state index in [9.17, 15) is 9.59 Å². The molecule has 158 valence electrons. The highest BCUT2D eigenvalue weighted by atomic mass is 16.2. The Bertz CT molecular complexity index is 956. The molecule has 0 aliphatic carbocycles. The van der Waals surface area contributed by atoms with E-state index in [2.05, 4.69) is 27.2 Å². The number of aliphatic imine (C=N–C) groups is 1. The highest BCUT2D eigenvalue weighted by molar-refractivity contribution is 6.02. The SMILES string of the molecule is CCCCCc1cnc(C(=O)Nc2cccc(C3(C)CC(=O)N(C)C(N)=N3)c2)cn1. The molecular formula is C22H28N6O2. The Kier molecular flexibility index (Phi) is 6.44. The molecule has 30 heavy (non-hydrogen) atoms. The van der Waals surface area contributed by atoms with Crippen molar-refractivity contribution in [2.45, 2.75) is 51.5 Å². The Morgan fingerprint density at radius 3 is 2.73 bits per heavy atom. The maximum Gasteiger partial charge on any atom is 0.275 e. The molecule has 1 aromatic carbocycles. The molecular weight excluding hydrogens is 380 g/mol. The maximum atomic E-state index is 12.6. The third-order valence-corrected chi connectivity index (χ3v) is 5.29. The molecule has 0 radical (unpaired) electrons. The van der Waals surface area contributed by atoms with Gasteiger partial charge in [-0.15, -0.1) is 0 Å². The first-order valence-corrected chi connectivity index (χ1v) is 10.2. The number of hydrogen-bond donors (Lipinski definition) is 2. The minimum Gasteiger partial charge on any atom is -0.369 e. The number of nitrogens with zero attached hydrogens (tertiary/aromatic N) is 4. The first kappa shape index (κ1) is 21.4. The van der Waals surface area contributed by atoms with Gasteiger partial charge >= 0.3 is 0 Å². The number of carbonyl (C=O) groups excluding carboxylic acids is 2. The van der Waals surface area contributed by atoms with Crippen LogP contribution in [0.25, 0.3) is 0 Å². The molecule has 0 saturated heterocycles. The summed E-state index contributed by atoms with van der Waals surface area (Å²) in [6, 6.07) is 7.27. The van der Waals surface area contributed by atoms with E-state index in [4.69, 9.17) is 5.73 Å². The van der Waals surface area contributed by atoms with Crippen LogP contribution in [-0.4, -0.2) is 39.7 Å². The second-order valence-corrected chi connectivity index (χ2v) is 7.76. The van der Waals surface area contributed by atoms with Crippen molar-refractivity contribution in [3.63, 3.8) is 0 Å². The lowest BCUT2D eigenvalue weighted by molar-refractivity contribution is -0.128. The lowest BCUT2D eigenvalue weighted by Crippen LogP contribution is -2.47. The molecule has 2 heterocycles. The normalized spacial score (nSPS) is 18.8. The number of amides is 2. The van der Waals surface area contributed by atoms with Crippen LogP contribution in [0.4, 0.5) is 5.69 Å². The summed E-state index contributed by atoms with van der Waals surface area (Å²) in [5, 5.41) is 2.84. The molecule has 1 unspecified atom stereocenters. The van der Waals surface area contributed by atoms with Crippen molar-refractivity contribution < 1.29 is 9.59 Å². The van der Waals surface area contributed by atoms with Crippen molar-refractivity contribution in [1.29, 1.82) is 0 Å². The van der Waals surface area contributed by atoms with Gasteiger partial charge in [0.1, 0.15) is 5.69 Å². The van der Waals surface area contributed by atoms with Gasteiger partial charge in [0.25, 0.3) is 5.91 Å². The summed E-state index contributed by atoms with van der Waals surface area (Å²) in [5.74, 6) is -0.265. The van der Waals surface area contributed by atoms with Gasteiger partial charge in [-0.2, -0.15) is 0 Å². The molecule has 0 saturated carbocycles. The number of guanidine groups is 1. The zero-order valence-electron chi connectivity index (χ0n) is 17.7. The van der Waals surface area contributed by atoms with Gasteiger partial charge in [0, 0.05) is 18.9 Å². The van der Waals surface area contributed by atoms with Crippen LogP contribution in [0.5, 0.6) is 0 Å². The predicted octanol–water partition coefficient (Wildman–Crippen LogP) is 2.85. The first-order valence-electron chi connectivity index (χ1n) is 10.2. The van der Waals surface area contributed by atoms with Crippen LogP contribution in [0.15, 0.2) is 41.7 Å². The number of nitrogens with two attached hydrogens (primary N) is 1. The number of aromatic nitrogens is 2. The molecule has 3 rings (SSSR count). The average Bonchev–Trinajstić information content (AvgIpc) is 2.73. The van der Waals surface area contributed by atoms with E-state index in [1.807, 2.05) is 19.1 Å². The first-order chi connectivity index (χ1) is 14.3. The molecule has 1 aromatic heterocycles. The molecule has 2 aromatic rings. The van der Waals surface area contributed by atoms with Crippen molar-refractivity contribution in [3.8, 4) is 0 Å². The summed E-state index contributed by atoms with van der Waals surface area (Å²) in [5.41, 5.74) is 7.64. The number of carbonyl (C=O) groups is 2. The van der Waals surface area contributed by atoms with Gasteiger partial charge < -0.3 is 11.1 Å². The molecule has 1 aliphatic rings. The van der Waals surface area contributed by atoms with Crippen LogP contribution in [0, 0.1) is 0 Å². The van der Waals surface area contributed by atoms with Gasteiger partial charge in [-0.1, -0.05) is 31.9 Å². The summed E-state index contributed by atoms with van der Waals surface area (Å²) in [6.45, 7) is 4.01. The fourth-order valence-electron chi connectivity index (χ4n) is 3.36. The fourth-order valence-corrected chi connectivity index (χ4v) is 3.36. The smallest absolute Gasteiger partial charge is 0.275 e. The molecule has 1 aliphatic heterocycles. The van der Waals surface area contributed by atoms with Gasteiger partial charge in [0.2, 0.25) is 5.91 Å². The van der Waals surface area contributed by atoms with Crippen molar-refractivity contribution in [2.75, 3.05) is 12.4 Å². The van der Waals surface area contributed by atoms with E-state index in [-0.39, 0.29) is 29.9 Å². The van der Waals surface area contributed by atoms with Crippen LogP contribution in [-0.2, 0) is 16.8 Å². The Hall–Kier alpha value is -3.29. The highest BCUT2D eigenvalue weighted by Crippen LogP contribution is 2.34. The molecule has 0 spiro atoms. The van der Waals surface area contributed by atoms with E-state index < -0.39 is 5.54 Å². The Morgan fingerprint density at radius 2 is 2.07 bits per heavy atom. The number of hydrogen-bond acceptors (Lipinski definition) is 6. The van der Waals surface area contributed by atoms with Crippen LogP contribution in [0.2, 0.25) is 0 Å². The zero-order chi connectivity index (χ0) is 21.7. The van der Waals surface area contributed by atoms with Gasteiger partial charge in [0.15, 0.2) is 5.96 Å². The second-order valence-electron chi connectivity index (χ2n) is 7.76. The van der Waals surface area contributed by atoms with Crippen LogP contribution in [0.3, 0.4) is 0 Å². The second kappa shape index (κ2) is 9.02. The monoisotopic (exact) mass is 408 g/mol. The lowest BCUT2D eigenvalue weighted by atomic mass is 9.87. The van der Waals surface area contributed by atoms with E-state index in [0.717, 1.165) is 36.9 Å². The quantitative estimate of drug-likeness (QED) is 0.684. The van der Waals surface area contributed by atoms with Gasteiger partial charge in [-0.3, -0.25) is 19.5 Å². The summed E-state index contributed by atoms with van der Waals surface area (Å²) >= 11 is 0. The Balaban J connectivity index is 1.72. The third-order valence-electron chi connectivity index (χ3n) is 5.29. The highest BCUT2D eigenvalue weighted by Gasteiger charge is 2.36. The zero-order valence-corrected chi connectivity index (χ0v) is 17.7. The molecule has 2 amide bonds. The van der Waals surface area contributed by atoms with E-state index in [1.165, 1.54) is 11.1 Å². The molecule has 0 fully saturated rings. The lowest BCUT2D eigenvalue weighted by Gasteiger charge is -2.33. The van der Waals surface area contributed by atoms with E-state index in [1.54, 1.807) is 25.4 Å². The van der Waals surface area contributed by atoms with Gasteiger partial charge in [-0.25, -0.2) is 9.98 Å². The maximum absolute atomic E-state index is 12.6. The summed E-state index contributed by atoms with van der Waals surface area (Å²) in [4.78, 5) is 39.2. The van der Waals surface area contributed by atoms with E-state index in [0.29, 0.717) is 5.69 Å². The van der Waals surface area contributed by atoms with Gasteiger partial charge in [-0.05, 0) is 37.5 Å². The summed E-state index contributed by atoms with van der Waals surface area (Å²) in [7, 11) is 1.60. The molecule has 8 heteroatoms. The number of benzene rings is 1. The van der Waals surface area contributed by atoms with Gasteiger partial charge in [0.05, 0.1) is 23.9 Å². The summed E-state index contributed by atoms with van der Waals surface area (Å²) < 4.78 is 0. The molecule has 8 nitrogen and oxygen atoms in total. The average molecular weight is 409 g/mol. The van der Waals surface area contributed by atoms with E-state index >= 15 is 0 Å². The number of nitrogens with one attached hydrogen (secondary N) is 1. The topological polar surface area (TPSA) is 114 Å².